The average Bonchev–Trinajstić information content (AvgIpc) is 3.18. The summed E-state index contributed by atoms with van der Waals surface area (Å²) < 4.78 is 5.37. The summed E-state index contributed by atoms with van der Waals surface area (Å²) in [6, 6.07) is 20.7. The highest BCUT2D eigenvalue weighted by molar-refractivity contribution is 6.09. The highest BCUT2D eigenvalue weighted by Gasteiger charge is 2.47. The first-order chi connectivity index (χ1) is 17.4. The Morgan fingerprint density at radius 1 is 1.03 bits per heavy atom. The molecule has 1 aliphatic heterocycles. The van der Waals surface area contributed by atoms with Crippen LogP contribution in [-0.4, -0.2) is 47.1 Å². The van der Waals surface area contributed by atoms with E-state index in [9.17, 15) is 14.4 Å². The molecule has 3 N–H and O–H groups in total. The summed E-state index contributed by atoms with van der Waals surface area (Å²) in [5.74, 6) is -0.878. The summed E-state index contributed by atoms with van der Waals surface area (Å²) in [5.41, 5.74) is 3.03. The summed E-state index contributed by atoms with van der Waals surface area (Å²) in [4.78, 5) is 41.3. The number of hydrogen-bond donors (Lipinski definition) is 3. The van der Waals surface area contributed by atoms with Crippen LogP contribution in [0.3, 0.4) is 0 Å². The molecule has 0 aromatic heterocycles. The van der Waals surface area contributed by atoms with E-state index >= 15 is 0 Å². The van der Waals surface area contributed by atoms with Gasteiger partial charge in [-0.3, -0.25) is 9.59 Å². The predicted molar refractivity (Wildman–Crippen MR) is 136 cm³/mol. The van der Waals surface area contributed by atoms with Crippen LogP contribution in [-0.2, 0) is 9.59 Å². The Bertz CT molecular complexity index is 1210. The Morgan fingerprint density at radius 2 is 1.69 bits per heavy atom. The first-order valence-electron chi connectivity index (χ1n) is 11.8. The lowest BCUT2D eigenvalue weighted by Crippen LogP contribution is -2.50. The molecule has 0 aliphatic carbocycles. The van der Waals surface area contributed by atoms with Crippen molar-refractivity contribution in [1.82, 2.24) is 10.2 Å². The minimum Gasteiger partial charge on any atom is -0.491 e. The fraction of sp³-hybridized carbons (Fsp3) is 0.250. The van der Waals surface area contributed by atoms with E-state index in [-0.39, 0.29) is 13.2 Å². The van der Waals surface area contributed by atoms with Crippen molar-refractivity contribution in [2.75, 3.05) is 18.5 Å². The van der Waals surface area contributed by atoms with Gasteiger partial charge >= 0.3 is 6.03 Å². The van der Waals surface area contributed by atoms with Crippen molar-refractivity contribution in [2.24, 2.45) is 0 Å². The summed E-state index contributed by atoms with van der Waals surface area (Å²) in [6.45, 7) is 3.82. The number of carbonyl (C=O) groups is 3. The Hall–Kier alpha value is -4.17. The number of rotatable bonds is 9. The molecule has 186 valence electrons. The number of aliphatic hydroxyl groups excluding tert-OH is 1. The topological polar surface area (TPSA) is 108 Å². The summed E-state index contributed by atoms with van der Waals surface area (Å²) in [7, 11) is 0. The van der Waals surface area contributed by atoms with E-state index in [2.05, 4.69) is 10.6 Å². The fourth-order valence-corrected chi connectivity index (χ4v) is 4.26. The lowest BCUT2D eigenvalue weighted by Gasteiger charge is -2.30. The molecule has 8 nitrogen and oxygen atoms in total. The molecule has 0 bridgehead atoms. The molecule has 3 atom stereocenters. The van der Waals surface area contributed by atoms with Gasteiger partial charge in [0.05, 0.1) is 6.61 Å². The standard InChI is InChI=1S/C28H29N3O5/c1-18-8-12-22(13-9-18)29-26(33)25(19(2)20-6-4-3-5-7-20)31-27(34)24(30-28(31)35)21-10-14-23(15-11-21)36-17-16-32/h3-15,19,24-25,32H,16-17H2,1-2H3,(H,29,33)(H,30,35)/t19?,24-,25?/m1/s1. The lowest BCUT2D eigenvalue weighted by molar-refractivity contribution is -0.134. The van der Waals surface area contributed by atoms with Crippen LogP contribution in [0.1, 0.15) is 35.6 Å². The molecular weight excluding hydrogens is 458 g/mol. The molecule has 1 fully saturated rings. The van der Waals surface area contributed by atoms with E-state index in [1.807, 2.05) is 56.3 Å². The van der Waals surface area contributed by atoms with Gasteiger partial charge in [-0.25, -0.2) is 9.69 Å². The Labute approximate surface area is 209 Å². The molecule has 1 saturated heterocycles. The summed E-state index contributed by atoms with van der Waals surface area (Å²) in [5, 5.41) is 14.5. The van der Waals surface area contributed by atoms with Gasteiger partial charge in [-0.2, -0.15) is 0 Å². The number of anilines is 1. The second-order valence-corrected chi connectivity index (χ2v) is 8.73. The normalized spacial score (nSPS) is 16.9. The zero-order chi connectivity index (χ0) is 25.7. The van der Waals surface area contributed by atoms with Gasteiger partial charge in [0.25, 0.3) is 5.91 Å². The quantitative estimate of drug-likeness (QED) is 0.398. The molecule has 1 aliphatic rings. The van der Waals surface area contributed by atoms with Gasteiger partial charge in [0, 0.05) is 11.6 Å². The summed E-state index contributed by atoms with van der Waals surface area (Å²) in [6.07, 6.45) is 0. The number of nitrogens with one attached hydrogen (secondary N) is 2. The number of urea groups is 1. The molecule has 3 aromatic rings. The minimum atomic E-state index is -1.07. The molecule has 36 heavy (non-hydrogen) atoms. The Kier molecular flexibility index (Phi) is 7.65. The van der Waals surface area contributed by atoms with E-state index in [1.54, 1.807) is 36.4 Å². The third-order valence-electron chi connectivity index (χ3n) is 6.21. The maximum Gasteiger partial charge on any atom is 0.325 e. The zero-order valence-corrected chi connectivity index (χ0v) is 20.2. The van der Waals surface area contributed by atoms with Crippen LogP contribution >= 0.6 is 0 Å². The molecule has 3 aromatic carbocycles. The second kappa shape index (κ2) is 11.0. The minimum absolute atomic E-state index is 0.112. The predicted octanol–water partition coefficient (Wildman–Crippen LogP) is 3.77. The van der Waals surface area contributed by atoms with Crippen molar-refractivity contribution in [2.45, 2.75) is 31.8 Å². The molecule has 8 heteroatoms. The summed E-state index contributed by atoms with van der Waals surface area (Å²) >= 11 is 0. The number of aliphatic hydroxyl groups is 1. The maximum atomic E-state index is 13.6. The first kappa shape index (κ1) is 24.9. The van der Waals surface area contributed by atoms with E-state index in [4.69, 9.17) is 9.84 Å². The molecule has 0 saturated carbocycles. The molecule has 0 radical (unpaired) electrons. The molecule has 2 unspecified atom stereocenters. The van der Waals surface area contributed by atoms with Gasteiger partial charge in [-0.1, -0.05) is 67.1 Å². The van der Waals surface area contributed by atoms with Crippen LogP contribution in [0.4, 0.5) is 10.5 Å². The average molecular weight is 488 g/mol. The van der Waals surface area contributed by atoms with Crippen molar-refractivity contribution in [3.8, 4) is 5.75 Å². The largest absolute Gasteiger partial charge is 0.491 e. The maximum absolute atomic E-state index is 13.6. The smallest absolute Gasteiger partial charge is 0.325 e. The van der Waals surface area contributed by atoms with E-state index in [0.29, 0.717) is 17.0 Å². The van der Waals surface area contributed by atoms with Crippen LogP contribution in [0.5, 0.6) is 5.75 Å². The molecule has 4 amide bonds. The fourth-order valence-electron chi connectivity index (χ4n) is 4.26. The van der Waals surface area contributed by atoms with Crippen molar-refractivity contribution in [1.29, 1.82) is 0 Å². The van der Waals surface area contributed by atoms with Gasteiger partial charge in [0.15, 0.2) is 0 Å². The van der Waals surface area contributed by atoms with Crippen molar-refractivity contribution >= 4 is 23.5 Å². The number of carbonyl (C=O) groups excluding carboxylic acids is 3. The number of aryl methyl sites for hydroxylation is 1. The molecule has 4 rings (SSSR count). The van der Waals surface area contributed by atoms with Crippen LogP contribution in [0.2, 0.25) is 0 Å². The van der Waals surface area contributed by atoms with Gasteiger partial charge in [0.1, 0.15) is 24.4 Å². The van der Waals surface area contributed by atoms with Crippen molar-refractivity contribution in [3.63, 3.8) is 0 Å². The van der Waals surface area contributed by atoms with Gasteiger partial charge < -0.3 is 20.5 Å². The first-order valence-corrected chi connectivity index (χ1v) is 11.8. The van der Waals surface area contributed by atoms with Gasteiger partial charge in [0.2, 0.25) is 5.91 Å². The molecule has 0 spiro atoms. The number of ether oxygens (including phenoxy) is 1. The molecule has 1 heterocycles. The molecular formula is C28H29N3O5. The third kappa shape index (κ3) is 5.39. The van der Waals surface area contributed by atoms with Crippen LogP contribution < -0.4 is 15.4 Å². The van der Waals surface area contributed by atoms with Crippen LogP contribution in [0.15, 0.2) is 78.9 Å². The number of nitrogens with zero attached hydrogens (tertiary/aromatic N) is 1. The SMILES string of the molecule is Cc1ccc(NC(=O)C(C(C)c2ccccc2)N2C(=O)N[C@H](c3ccc(OCCO)cc3)C2=O)cc1. The number of benzene rings is 3. The van der Waals surface area contributed by atoms with Crippen molar-refractivity contribution < 1.29 is 24.2 Å². The Balaban J connectivity index is 1.62. The zero-order valence-electron chi connectivity index (χ0n) is 20.2. The second-order valence-electron chi connectivity index (χ2n) is 8.73. The van der Waals surface area contributed by atoms with Crippen LogP contribution in [0, 0.1) is 6.92 Å². The van der Waals surface area contributed by atoms with E-state index in [1.165, 1.54) is 0 Å². The number of amides is 4. The monoisotopic (exact) mass is 487 g/mol. The van der Waals surface area contributed by atoms with Crippen LogP contribution in [0.25, 0.3) is 0 Å². The number of imide groups is 1. The number of hydrogen-bond acceptors (Lipinski definition) is 5. The third-order valence-corrected chi connectivity index (χ3v) is 6.21. The van der Waals surface area contributed by atoms with Gasteiger partial charge in [-0.05, 0) is 42.3 Å². The van der Waals surface area contributed by atoms with Crippen molar-refractivity contribution in [3.05, 3.63) is 95.6 Å². The Morgan fingerprint density at radius 3 is 2.33 bits per heavy atom. The highest BCUT2D eigenvalue weighted by atomic mass is 16.5. The van der Waals surface area contributed by atoms with Gasteiger partial charge in [-0.15, -0.1) is 0 Å². The lowest BCUT2D eigenvalue weighted by atomic mass is 9.91. The van der Waals surface area contributed by atoms with E-state index in [0.717, 1.165) is 16.0 Å². The van der Waals surface area contributed by atoms with E-state index < -0.39 is 35.8 Å². The highest BCUT2D eigenvalue weighted by Crippen LogP contribution is 2.31.